The minimum absolute atomic E-state index is 0.496. The number of methoxy groups -OCH3 is 2. The zero-order chi connectivity index (χ0) is 12.7. The summed E-state index contributed by atoms with van der Waals surface area (Å²) in [5, 5.41) is 0. The second-order valence-electron chi connectivity index (χ2n) is 3.37. The first-order valence-electron chi connectivity index (χ1n) is 5.53. The number of nitrogens with zero attached hydrogens (tertiary/aromatic N) is 3. The Bertz CT molecular complexity index is 327. The van der Waals surface area contributed by atoms with Crippen molar-refractivity contribution in [3.8, 4) is 11.8 Å². The summed E-state index contributed by atoms with van der Waals surface area (Å²) in [5.41, 5.74) is 0. The molecule has 6 heteroatoms. The van der Waals surface area contributed by atoms with Gasteiger partial charge in [0.2, 0.25) is 17.7 Å². The molecule has 0 aliphatic heterocycles. The maximum Gasteiger partial charge on any atom is 0.231 e. The lowest BCUT2D eigenvalue weighted by Crippen LogP contribution is -2.26. The number of hydrogen-bond acceptors (Lipinski definition) is 5. The Morgan fingerprint density at radius 3 is 2.24 bits per heavy atom. The fraction of sp³-hybridized carbons (Fsp3) is 0.636. The second kappa shape index (κ2) is 7.17. The normalized spacial score (nSPS) is 10.1. The minimum atomic E-state index is 0.496. The molecule has 1 rings (SSSR count). The Morgan fingerprint density at radius 1 is 1.24 bits per heavy atom. The zero-order valence-corrected chi connectivity index (χ0v) is 11.2. The first kappa shape index (κ1) is 13.8. The SMILES string of the molecule is CCN(CCCCl)c1nc(OC)cc(OC)n1. The lowest BCUT2D eigenvalue weighted by Gasteiger charge is -2.20. The topological polar surface area (TPSA) is 47.5 Å². The molecule has 0 saturated carbocycles. The van der Waals surface area contributed by atoms with Crippen LogP contribution >= 0.6 is 11.6 Å². The van der Waals surface area contributed by atoms with E-state index in [0.29, 0.717) is 23.6 Å². The van der Waals surface area contributed by atoms with Gasteiger partial charge in [-0.25, -0.2) is 0 Å². The fourth-order valence-corrected chi connectivity index (χ4v) is 1.51. The Balaban J connectivity index is 2.92. The quantitative estimate of drug-likeness (QED) is 0.701. The standard InChI is InChI=1S/C11H18ClN3O2/c1-4-15(7-5-6-12)11-13-9(16-2)8-10(14-11)17-3/h8H,4-7H2,1-3H3. The third kappa shape index (κ3) is 3.93. The summed E-state index contributed by atoms with van der Waals surface area (Å²) in [5.74, 6) is 2.22. The van der Waals surface area contributed by atoms with Crippen LogP contribution in [0.3, 0.4) is 0 Å². The number of anilines is 1. The van der Waals surface area contributed by atoms with Crippen LogP contribution in [0.25, 0.3) is 0 Å². The van der Waals surface area contributed by atoms with E-state index in [9.17, 15) is 0 Å². The fourth-order valence-electron chi connectivity index (χ4n) is 1.39. The van der Waals surface area contributed by atoms with Gasteiger partial charge in [-0.15, -0.1) is 11.6 Å². The van der Waals surface area contributed by atoms with Gasteiger partial charge in [0.1, 0.15) is 0 Å². The molecule has 0 aliphatic carbocycles. The molecular formula is C11H18ClN3O2. The molecule has 0 aromatic carbocycles. The van der Waals surface area contributed by atoms with Crippen LogP contribution in [0.2, 0.25) is 0 Å². The number of ether oxygens (including phenoxy) is 2. The summed E-state index contributed by atoms with van der Waals surface area (Å²) >= 11 is 5.69. The van der Waals surface area contributed by atoms with E-state index in [1.165, 1.54) is 0 Å². The highest BCUT2D eigenvalue weighted by molar-refractivity contribution is 6.17. The molecule has 1 aromatic rings. The van der Waals surface area contributed by atoms with E-state index in [1.807, 2.05) is 11.8 Å². The van der Waals surface area contributed by atoms with E-state index in [2.05, 4.69) is 9.97 Å². The predicted molar refractivity (Wildman–Crippen MR) is 68.4 cm³/mol. The molecule has 1 aromatic heterocycles. The zero-order valence-electron chi connectivity index (χ0n) is 10.4. The largest absolute Gasteiger partial charge is 0.481 e. The lowest BCUT2D eigenvalue weighted by atomic mass is 10.4. The molecular weight excluding hydrogens is 242 g/mol. The van der Waals surface area contributed by atoms with Crippen LogP contribution in [-0.2, 0) is 0 Å². The van der Waals surface area contributed by atoms with Crippen molar-refractivity contribution < 1.29 is 9.47 Å². The minimum Gasteiger partial charge on any atom is -0.481 e. The predicted octanol–water partition coefficient (Wildman–Crippen LogP) is 1.95. The molecule has 0 spiro atoms. The van der Waals surface area contributed by atoms with Crippen molar-refractivity contribution in [1.82, 2.24) is 9.97 Å². The van der Waals surface area contributed by atoms with Crippen molar-refractivity contribution in [2.75, 3.05) is 38.1 Å². The average molecular weight is 260 g/mol. The van der Waals surface area contributed by atoms with Crippen LogP contribution < -0.4 is 14.4 Å². The maximum absolute atomic E-state index is 5.69. The third-order valence-electron chi connectivity index (χ3n) is 2.31. The van der Waals surface area contributed by atoms with Crippen molar-refractivity contribution in [3.05, 3.63) is 6.07 Å². The summed E-state index contributed by atoms with van der Waals surface area (Å²) in [6, 6.07) is 1.65. The van der Waals surface area contributed by atoms with E-state index < -0.39 is 0 Å². The molecule has 0 amide bonds. The van der Waals surface area contributed by atoms with Gasteiger partial charge in [0.05, 0.1) is 20.3 Å². The first-order valence-corrected chi connectivity index (χ1v) is 6.06. The summed E-state index contributed by atoms with van der Waals surface area (Å²) < 4.78 is 10.2. The summed E-state index contributed by atoms with van der Waals surface area (Å²) in [6.07, 6.45) is 0.887. The highest BCUT2D eigenvalue weighted by atomic mass is 35.5. The van der Waals surface area contributed by atoms with Crippen LogP contribution in [0.4, 0.5) is 5.95 Å². The van der Waals surface area contributed by atoms with Gasteiger partial charge in [-0.2, -0.15) is 9.97 Å². The van der Waals surface area contributed by atoms with E-state index in [1.54, 1.807) is 20.3 Å². The Morgan fingerprint density at radius 2 is 1.82 bits per heavy atom. The molecule has 5 nitrogen and oxygen atoms in total. The van der Waals surface area contributed by atoms with E-state index in [-0.39, 0.29) is 0 Å². The van der Waals surface area contributed by atoms with Gasteiger partial charge in [0.15, 0.2) is 0 Å². The van der Waals surface area contributed by atoms with Gasteiger partial charge in [-0.1, -0.05) is 0 Å². The lowest BCUT2D eigenvalue weighted by molar-refractivity contribution is 0.371. The van der Waals surface area contributed by atoms with Gasteiger partial charge in [-0.05, 0) is 13.3 Å². The molecule has 0 radical (unpaired) electrons. The molecule has 96 valence electrons. The van der Waals surface area contributed by atoms with Gasteiger partial charge >= 0.3 is 0 Å². The molecule has 17 heavy (non-hydrogen) atoms. The monoisotopic (exact) mass is 259 g/mol. The van der Waals surface area contributed by atoms with E-state index in [4.69, 9.17) is 21.1 Å². The maximum atomic E-state index is 5.69. The van der Waals surface area contributed by atoms with Crippen LogP contribution in [-0.4, -0.2) is 43.2 Å². The van der Waals surface area contributed by atoms with Crippen molar-refractivity contribution >= 4 is 17.5 Å². The highest BCUT2D eigenvalue weighted by Crippen LogP contribution is 2.20. The summed E-state index contributed by atoms with van der Waals surface area (Å²) in [7, 11) is 3.14. The van der Waals surface area contributed by atoms with Crippen LogP contribution in [0, 0.1) is 0 Å². The smallest absolute Gasteiger partial charge is 0.231 e. The van der Waals surface area contributed by atoms with Gasteiger partial charge < -0.3 is 14.4 Å². The molecule has 0 fully saturated rings. The number of alkyl halides is 1. The Labute approximate surface area is 107 Å². The molecule has 0 N–H and O–H groups in total. The van der Waals surface area contributed by atoms with E-state index >= 15 is 0 Å². The Kier molecular flexibility index (Phi) is 5.83. The molecule has 0 bridgehead atoms. The average Bonchev–Trinajstić information content (AvgIpc) is 2.39. The third-order valence-corrected chi connectivity index (χ3v) is 2.58. The van der Waals surface area contributed by atoms with E-state index in [0.717, 1.165) is 19.5 Å². The summed E-state index contributed by atoms with van der Waals surface area (Å²) in [4.78, 5) is 10.6. The molecule has 0 saturated heterocycles. The van der Waals surface area contributed by atoms with Crippen LogP contribution in [0.5, 0.6) is 11.8 Å². The van der Waals surface area contributed by atoms with Crippen molar-refractivity contribution in [2.24, 2.45) is 0 Å². The number of halogens is 1. The number of aromatic nitrogens is 2. The second-order valence-corrected chi connectivity index (χ2v) is 3.75. The molecule has 0 aliphatic rings. The van der Waals surface area contributed by atoms with Crippen molar-refractivity contribution in [3.63, 3.8) is 0 Å². The molecule has 0 atom stereocenters. The van der Waals surface area contributed by atoms with Crippen LogP contribution in [0.1, 0.15) is 13.3 Å². The molecule has 1 heterocycles. The van der Waals surface area contributed by atoms with Crippen LogP contribution in [0.15, 0.2) is 6.07 Å². The van der Waals surface area contributed by atoms with Gasteiger partial charge in [0, 0.05) is 19.0 Å². The van der Waals surface area contributed by atoms with Crippen molar-refractivity contribution in [2.45, 2.75) is 13.3 Å². The summed E-state index contributed by atoms with van der Waals surface area (Å²) in [6.45, 7) is 3.67. The Hall–Kier alpha value is -1.23. The first-order chi connectivity index (χ1) is 8.24. The number of rotatable bonds is 7. The highest BCUT2D eigenvalue weighted by Gasteiger charge is 2.11. The van der Waals surface area contributed by atoms with Gasteiger partial charge in [0.25, 0.3) is 0 Å². The van der Waals surface area contributed by atoms with Gasteiger partial charge in [-0.3, -0.25) is 0 Å². The number of hydrogen-bond donors (Lipinski definition) is 0. The van der Waals surface area contributed by atoms with Crippen molar-refractivity contribution in [1.29, 1.82) is 0 Å². The molecule has 0 unspecified atom stereocenters.